The first kappa shape index (κ1) is 23.3. The summed E-state index contributed by atoms with van der Waals surface area (Å²) < 4.78 is 6.12. The summed E-state index contributed by atoms with van der Waals surface area (Å²) in [4.78, 5) is 3.63. The molecule has 0 aliphatic rings. The summed E-state index contributed by atoms with van der Waals surface area (Å²) in [6.07, 6.45) is 1.10. The summed E-state index contributed by atoms with van der Waals surface area (Å²) in [6, 6.07) is 21.2. The molecule has 0 atom stereocenters. The Balaban J connectivity index is 1.34. The van der Waals surface area contributed by atoms with Crippen LogP contribution >= 0.6 is 22.7 Å². The van der Waals surface area contributed by atoms with Gasteiger partial charge in [0, 0.05) is 17.0 Å². The quantitative estimate of drug-likeness (QED) is 0.233. The van der Waals surface area contributed by atoms with E-state index in [2.05, 4.69) is 101 Å². The average molecular weight is 472 g/mol. The number of hydrogen-bond donors (Lipinski definition) is 0. The van der Waals surface area contributed by atoms with Crippen LogP contribution in [0.2, 0.25) is 0 Å². The van der Waals surface area contributed by atoms with E-state index in [1.54, 1.807) is 22.7 Å². The minimum absolute atomic E-state index is 0.596. The van der Waals surface area contributed by atoms with Gasteiger partial charge in [-0.2, -0.15) is 11.3 Å². The van der Waals surface area contributed by atoms with Crippen molar-refractivity contribution in [3.05, 3.63) is 98.4 Å². The van der Waals surface area contributed by atoms with Crippen LogP contribution in [0.5, 0.6) is 5.75 Å². The highest BCUT2D eigenvalue weighted by atomic mass is 32.1. The Morgan fingerprint density at radius 1 is 0.970 bits per heavy atom. The Hall–Kier alpha value is -2.84. The molecule has 2 heterocycles. The van der Waals surface area contributed by atoms with Crippen LogP contribution in [-0.2, 0) is 13.2 Å². The molecule has 4 heteroatoms. The smallest absolute Gasteiger partial charge is 0.122 e. The van der Waals surface area contributed by atoms with Crippen molar-refractivity contribution < 1.29 is 4.74 Å². The van der Waals surface area contributed by atoms with Gasteiger partial charge in [-0.15, -0.1) is 11.3 Å². The third-order valence-corrected chi connectivity index (χ3v) is 6.88. The summed E-state index contributed by atoms with van der Waals surface area (Å²) in [5.74, 6) is 7.58. The zero-order valence-electron chi connectivity index (χ0n) is 19.2. The highest BCUT2D eigenvalue weighted by Gasteiger charge is 2.07. The Labute approximate surface area is 205 Å². The minimum atomic E-state index is 0.596. The molecule has 0 bridgehead atoms. The standard InChI is InChI=1S/C29H29NOS2/c1-3-13-30(14-6-10-24-8-4-7-23(2)16-24)19-25-9-5-11-28(17-25)31-20-29-18-27(22-33-29)26-12-15-32-21-26/h4-5,7-9,11-12,15-18,21-22H,3,13-14,19-20H2,1-2H3. The average Bonchev–Trinajstić information content (AvgIpc) is 3.50. The van der Waals surface area contributed by atoms with Crippen molar-refractivity contribution in [2.45, 2.75) is 33.4 Å². The third kappa shape index (κ3) is 7.07. The van der Waals surface area contributed by atoms with Crippen molar-refractivity contribution >= 4 is 22.7 Å². The highest BCUT2D eigenvalue weighted by molar-refractivity contribution is 7.10. The molecule has 2 aromatic carbocycles. The normalized spacial score (nSPS) is 10.8. The van der Waals surface area contributed by atoms with Crippen LogP contribution in [0, 0.1) is 18.8 Å². The van der Waals surface area contributed by atoms with Gasteiger partial charge in [-0.25, -0.2) is 0 Å². The molecule has 2 nitrogen and oxygen atoms in total. The predicted molar refractivity (Wildman–Crippen MR) is 142 cm³/mol. The first-order chi connectivity index (χ1) is 16.2. The number of ether oxygens (including phenoxy) is 1. The molecule has 0 fully saturated rings. The van der Waals surface area contributed by atoms with Gasteiger partial charge in [-0.1, -0.05) is 43.0 Å². The van der Waals surface area contributed by atoms with Gasteiger partial charge in [0.25, 0.3) is 0 Å². The van der Waals surface area contributed by atoms with E-state index >= 15 is 0 Å². The zero-order valence-corrected chi connectivity index (χ0v) is 20.8. The zero-order chi connectivity index (χ0) is 22.9. The summed E-state index contributed by atoms with van der Waals surface area (Å²) in [7, 11) is 0. The SMILES string of the molecule is CCCN(CC#Cc1cccc(C)c1)Cc1cccc(OCc2cc(-c3ccsc3)cs2)c1. The van der Waals surface area contributed by atoms with Crippen molar-refractivity contribution in [2.24, 2.45) is 0 Å². The van der Waals surface area contributed by atoms with Crippen LogP contribution in [0.25, 0.3) is 11.1 Å². The molecule has 0 amide bonds. The van der Waals surface area contributed by atoms with Gasteiger partial charge in [-0.05, 0) is 94.7 Å². The Bertz CT molecular complexity index is 1210. The molecule has 2 aromatic heterocycles. The molecular weight excluding hydrogens is 442 g/mol. The fourth-order valence-electron chi connectivity index (χ4n) is 3.69. The van der Waals surface area contributed by atoms with Gasteiger partial charge in [0.15, 0.2) is 0 Å². The Morgan fingerprint density at radius 3 is 2.70 bits per heavy atom. The van der Waals surface area contributed by atoms with E-state index in [0.717, 1.165) is 37.4 Å². The Morgan fingerprint density at radius 2 is 1.88 bits per heavy atom. The molecule has 168 valence electrons. The maximum absolute atomic E-state index is 6.12. The van der Waals surface area contributed by atoms with Crippen molar-refractivity contribution in [1.82, 2.24) is 4.90 Å². The molecule has 0 aliphatic carbocycles. The monoisotopic (exact) mass is 471 g/mol. The van der Waals surface area contributed by atoms with Gasteiger partial charge < -0.3 is 4.74 Å². The molecule has 0 spiro atoms. The van der Waals surface area contributed by atoms with E-state index in [4.69, 9.17) is 4.74 Å². The lowest BCUT2D eigenvalue weighted by atomic mass is 10.1. The minimum Gasteiger partial charge on any atom is -0.488 e. The second-order valence-electron chi connectivity index (χ2n) is 8.13. The molecular formula is C29H29NOS2. The second-order valence-corrected chi connectivity index (χ2v) is 9.91. The van der Waals surface area contributed by atoms with E-state index in [9.17, 15) is 0 Å². The molecule has 0 aliphatic heterocycles. The maximum atomic E-state index is 6.12. The highest BCUT2D eigenvalue weighted by Crippen LogP contribution is 2.28. The van der Waals surface area contributed by atoms with Gasteiger partial charge in [0.1, 0.15) is 12.4 Å². The van der Waals surface area contributed by atoms with Gasteiger partial charge >= 0.3 is 0 Å². The van der Waals surface area contributed by atoms with Crippen molar-refractivity contribution in [3.8, 4) is 28.7 Å². The fraction of sp³-hybridized carbons (Fsp3) is 0.241. The summed E-state index contributed by atoms with van der Waals surface area (Å²) in [5, 5.41) is 6.51. The van der Waals surface area contributed by atoms with Crippen LogP contribution in [0.3, 0.4) is 0 Å². The maximum Gasteiger partial charge on any atom is 0.122 e. The molecule has 0 saturated heterocycles. The molecule has 0 unspecified atom stereocenters. The van der Waals surface area contributed by atoms with Crippen molar-refractivity contribution in [3.63, 3.8) is 0 Å². The molecule has 0 radical (unpaired) electrons. The molecule has 4 rings (SSSR count). The first-order valence-electron chi connectivity index (χ1n) is 11.3. The lowest BCUT2D eigenvalue weighted by Crippen LogP contribution is -2.24. The predicted octanol–water partition coefficient (Wildman–Crippen LogP) is 7.63. The number of thiophene rings is 2. The number of aryl methyl sites for hydroxylation is 1. The number of hydrogen-bond acceptors (Lipinski definition) is 4. The molecule has 33 heavy (non-hydrogen) atoms. The summed E-state index contributed by atoms with van der Waals surface area (Å²) >= 11 is 3.48. The van der Waals surface area contributed by atoms with E-state index in [1.165, 1.54) is 27.1 Å². The van der Waals surface area contributed by atoms with Crippen LogP contribution < -0.4 is 4.74 Å². The van der Waals surface area contributed by atoms with Crippen LogP contribution in [0.1, 0.15) is 34.9 Å². The molecule has 0 N–H and O–H groups in total. The van der Waals surface area contributed by atoms with Crippen molar-refractivity contribution in [2.75, 3.05) is 13.1 Å². The lowest BCUT2D eigenvalue weighted by molar-refractivity contribution is 0.294. The van der Waals surface area contributed by atoms with Crippen LogP contribution in [0.4, 0.5) is 0 Å². The lowest BCUT2D eigenvalue weighted by Gasteiger charge is -2.19. The van der Waals surface area contributed by atoms with E-state index in [-0.39, 0.29) is 0 Å². The molecule has 0 saturated carbocycles. The van der Waals surface area contributed by atoms with Crippen LogP contribution in [-0.4, -0.2) is 18.0 Å². The number of rotatable bonds is 9. The van der Waals surface area contributed by atoms with Gasteiger partial charge in [-0.3, -0.25) is 4.90 Å². The van der Waals surface area contributed by atoms with Crippen molar-refractivity contribution in [1.29, 1.82) is 0 Å². The van der Waals surface area contributed by atoms with Gasteiger partial charge in [0.05, 0.1) is 6.54 Å². The largest absolute Gasteiger partial charge is 0.488 e. The summed E-state index contributed by atoms with van der Waals surface area (Å²) in [5.41, 5.74) is 6.14. The molecule has 4 aromatic rings. The van der Waals surface area contributed by atoms with Gasteiger partial charge in [0.2, 0.25) is 0 Å². The topological polar surface area (TPSA) is 12.5 Å². The van der Waals surface area contributed by atoms with E-state index < -0.39 is 0 Å². The third-order valence-electron chi connectivity index (χ3n) is 5.29. The fourth-order valence-corrected chi connectivity index (χ4v) is 5.16. The first-order valence-corrected chi connectivity index (χ1v) is 13.1. The Kier molecular flexibility index (Phi) is 8.38. The number of nitrogens with zero attached hydrogens (tertiary/aromatic N) is 1. The van der Waals surface area contributed by atoms with E-state index in [1.807, 2.05) is 6.07 Å². The van der Waals surface area contributed by atoms with Crippen LogP contribution in [0.15, 0.2) is 76.8 Å². The second kappa shape index (κ2) is 11.9. The number of benzene rings is 2. The van der Waals surface area contributed by atoms with E-state index in [0.29, 0.717) is 6.61 Å². The summed E-state index contributed by atoms with van der Waals surface area (Å²) in [6.45, 7) is 7.56.